The zero-order valence-corrected chi connectivity index (χ0v) is 12.4. The minimum absolute atomic E-state index is 0.0679. The summed E-state index contributed by atoms with van der Waals surface area (Å²) in [5.41, 5.74) is 2.78. The van der Waals surface area contributed by atoms with Crippen molar-refractivity contribution in [3.63, 3.8) is 0 Å². The Labute approximate surface area is 128 Å². The summed E-state index contributed by atoms with van der Waals surface area (Å²) in [7, 11) is 0. The van der Waals surface area contributed by atoms with Crippen LogP contribution in [0.25, 0.3) is 10.9 Å². The minimum Gasteiger partial charge on any atom is -0.381 e. The molecule has 2 aromatic carbocycles. The second kappa shape index (κ2) is 5.53. The number of hydrogen-bond acceptors (Lipinski definition) is 4. The summed E-state index contributed by atoms with van der Waals surface area (Å²) in [6.07, 6.45) is 1.76. The summed E-state index contributed by atoms with van der Waals surface area (Å²) >= 11 is 3.18. The highest BCUT2D eigenvalue weighted by Crippen LogP contribution is 2.26. The zero-order valence-electron chi connectivity index (χ0n) is 10.8. The Morgan fingerprint density at radius 3 is 2.95 bits per heavy atom. The molecular formula is C14H11BrN4O2. The van der Waals surface area contributed by atoms with Gasteiger partial charge in [-0.1, -0.05) is 6.07 Å². The summed E-state index contributed by atoms with van der Waals surface area (Å²) in [4.78, 5) is 10.5. The lowest BCUT2D eigenvalue weighted by molar-refractivity contribution is -0.385. The topological polar surface area (TPSA) is 83.8 Å². The molecule has 0 saturated heterocycles. The standard InChI is InChI=1S/C14H11BrN4O2/c15-12-4-1-9(5-14(12)19(20)21)7-16-11-3-2-10-8-17-18-13(10)6-11/h1-6,8,16H,7H2,(H,17,18). The van der Waals surface area contributed by atoms with E-state index in [4.69, 9.17) is 0 Å². The molecule has 1 heterocycles. The molecule has 0 amide bonds. The van der Waals surface area contributed by atoms with E-state index in [2.05, 4.69) is 31.4 Å². The Balaban J connectivity index is 1.77. The zero-order chi connectivity index (χ0) is 14.8. The maximum absolute atomic E-state index is 10.9. The minimum atomic E-state index is -0.399. The molecule has 1 aromatic heterocycles. The van der Waals surface area contributed by atoms with Crippen LogP contribution in [0.15, 0.2) is 47.1 Å². The number of nitro groups is 1. The fourth-order valence-corrected chi connectivity index (χ4v) is 2.45. The summed E-state index contributed by atoms with van der Waals surface area (Å²) in [5.74, 6) is 0. The number of anilines is 1. The number of nitrogens with zero attached hydrogens (tertiary/aromatic N) is 2. The van der Waals surface area contributed by atoms with Crippen LogP contribution < -0.4 is 5.32 Å². The summed E-state index contributed by atoms with van der Waals surface area (Å²) in [5, 5.41) is 22.1. The van der Waals surface area contributed by atoms with Gasteiger partial charge in [-0.25, -0.2) is 0 Å². The highest BCUT2D eigenvalue weighted by molar-refractivity contribution is 9.10. The van der Waals surface area contributed by atoms with Crippen molar-refractivity contribution in [2.24, 2.45) is 0 Å². The van der Waals surface area contributed by atoms with Crippen LogP contribution >= 0.6 is 15.9 Å². The van der Waals surface area contributed by atoms with Crippen LogP contribution in [0, 0.1) is 10.1 Å². The van der Waals surface area contributed by atoms with Crippen molar-refractivity contribution >= 4 is 38.2 Å². The van der Waals surface area contributed by atoms with Crippen LogP contribution in [0.5, 0.6) is 0 Å². The lowest BCUT2D eigenvalue weighted by atomic mass is 10.2. The van der Waals surface area contributed by atoms with Crippen LogP contribution in [-0.4, -0.2) is 15.1 Å². The average Bonchev–Trinajstić information content (AvgIpc) is 2.93. The third kappa shape index (κ3) is 2.87. The van der Waals surface area contributed by atoms with Gasteiger partial charge in [0, 0.05) is 23.7 Å². The van der Waals surface area contributed by atoms with Gasteiger partial charge >= 0.3 is 0 Å². The first-order chi connectivity index (χ1) is 10.1. The van der Waals surface area contributed by atoms with Crippen LogP contribution in [0.3, 0.4) is 0 Å². The average molecular weight is 347 g/mol. The van der Waals surface area contributed by atoms with Gasteiger partial charge in [0.15, 0.2) is 0 Å². The van der Waals surface area contributed by atoms with Crippen molar-refractivity contribution in [1.82, 2.24) is 10.2 Å². The van der Waals surface area contributed by atoms with Crippen molar-refractivity contribution in [3.05, 3.63) is 62.7 Å². The fraction of sp³-hybridized carbons (Fsp3) is 0.0714. The van der Waals surface area contributed by atoms with Gasteiger partial charge in [-0.2, -0.15) is 5.10 Å². The summed E-state index contributed by atoms with van der Waals surface area (Å²) < 4.78 is 0.482. The Hall–Kier alpha value is -2.41. The molecule has 0 unspecified atom stereocenters. The van der Waals surface area contributed by atoms with Crippen molar-refractivity contribution in [2.45, 2.75) is 6.54 Å². The third-order valence-corrected chi connectivity index (χ3v) is 3.82. The van der Waals surface area contributed by atoms with E-state index in [1.807, 2.05) is 24.3 Å². The number of benzene rings is 2. The largest absolute Gasteiger partial charge is 0.381 e. The first-order valence-corrected chi connectivity index (χ1v) is 7.02. The number of aromatic nitrogens is 2. The van der Waals surface area contributed by atoms with Crippen molar-refractivity contribution < 1.29 is 4.92 Å². The van der Waals surface area contributed by atoms with Gasteiger partial charge in [0.2, 0.25) is 0 Å². The predicted molar refractivity (Wildman–Crippen MR) is 84.2 cm³/mol. The molecule has 0 atom stereocenters. The number of aromatic amines is 1. The molecule has 3 rings (SSSR count). The van der Waals surface area contributed by atoms with Crippen LogP contribution in [0.4, 0.5) is 11.4 Å². The van der Waals surface area contributed by atoms with E-state index in [1.54, 1.807) is 18.3 Å². The number of rotatable bonds is 4. The van der Waals surface area contributed by atoms with Gasteiger partial charge < -0.3 is 5.32 Å². The molecule has 0 aliphatic rings. The monoisotopic (exact) mass is 346 g/mol. The molecule has 106 valence electrons. The van der Waals surface area contributed by atoms with E-state index < -0.39 is 4.92 Å². The van der Waals surface area contributed by atoms with Gasteiger partial charge in [-0.05, 0) is 45.8 Å². The van der Waals surface area contributed by atoms with Crippen LogP contribution in [0.2, 0.25) is 0 Å². The summed E-state index contributed by atoms with van der Waals surface area (Å²) in [6.45, 7) is 0.508. The van der Waals surface area contributed by atoms with E-state index in [0.717, 1.165) is 22.2 Å². The smallest absolute Gasteiger partial charge is 0.283 e. The van der Waals surface area contributed by atoms with Crippen molar-refractivity contribution in [1.29, 1.82) is 0 Å². The van der Waals surface area contributed by atoms with Crippen LogP contribution in [0.1, 0.15) is 5.56 Å². The number of H-pyrrole nitrogens is 1. The summed E-state index contributed by atoms with van der Waals surface area (Å²) in [6, 6.07) is 11.0. The second-order valence-electron chi connectivity index (χ2n) is 4.57. The highest BCUT2D eigenvalue weighted by atomic mass is 79.9. The molecule has 7 heteroatoms. The van der Waals surface area contributed by atoms with Gasteiger partial charge in [-0.3, -0.25) is 15.2 Å². The molecule has 6 nitrogen and oxygen atoms in total. The predicted octanol–water partition coefficient (Wildman–Crippen LogP) is 3.85. The Morgan fingerprint density at radius 2 is 2.14 bits per heavy atom. The van der Waals surface area contributed by atoms with E-state index in [0.29, 0.717) is 11.0 Å². The van der Waals surface area contributed by atoms with Crippen molar-refractivity contribution in [3.8, 4) is 0 Å². The molecule has 0 bridgehead atoms. The van der Waals surface area contributed by atoms with Crippen molar-refractivity contribution in [2.75, 3.05) is 5.32 Å². The fourth-order valence-electron chi connectivity index (χ4n) is 2.06. The Morgan fingerprint density at radius 1 is 1.29 bits per heavy atom. The molecule has 0 spiro atoms. The molecule has 0 radical (unpaired) electrons. The number of nitrogens with one attached hydrogen (secondary N) is 2. The van der Waals surface area contributed by atoms with E-state index in [-0.39, 0.29) is 5.69 Å². The first-order valence-electron chi connectivity index (χ1n) is 6.23. The van der Waals surface area contributed by atoms with E-state index in [1.165, 1.54) is 0 Å². The van der Waals surface area contributed by atoms with Gasteiger partial charge in [-0.15, -0.1) is 0 Å². The Kier molecular flexibility index (Phi) is 3.57. The maximum Gasteiger partial charge on any atom is 0.283 e. The Bertz CT molecular complexity index is 816. The first kappa shape index (κ1) is 13.6. The molecule has 0 aliphatic heterocycles. The number of fused-ring (bicyclic) bond motifs is 1. The molecule has 0 aliphatic carbocycles. The van der Waals surface area contributed by atoms with Gasteiger partial charge in [0.05, 0.1) is 21.1 Å². The third-order valence-electron chi connectivity index (χ3n) is 3.15. The lowest BCUT2D eigenvalue weighted by Gasteiger charge is -2.07. The number of nitro benzene ring substituents is 1. The second-order valence-corrected chi connectivity index (χ2v) is 5.42. The SMILES string of the molecule is O=[N+]([O-])c1cc(CNc2ccc3cn[nH]c3c2)ccc1Br. The van der Waals surface area contributed by atoms with Gasteiger partial charge in [0.25, 0.3) is 5.69 Å². The van der Waals surface area contributed by atoms with E-state index in [9.17, 15) is 10.1 Å². The molecule has 21 heavy (non-hydrogen) atoms. The highest BCUT2D eigenvalue weighted by Gasteiger charge is 2.12. The number of halogens is 1. The normalized spacial score (nSPS) is 10.7. The lowest BCUT2D eigenvalue weighted by Crippen LogP contribution is -2.00. The molecular weight excluding hydrogens is 336 g/mol. The quantitative estimate of drug-likeness (QED) is 0.555. The number of hydrogen-bond donors (Lipinski definition) is 2. The molecule has 0 saturated carbocycles. The van der Waals surface area contributed by atoms with Crippen LogP contribution in [-0.2, 0) is 6.54 Å². The molecule has 0 fully saturated rings. The van der Waals surface area contributed by atoms with Gasteiger partial charge in [0.1, 0.15) is 0 Å². The van der Waals surface area contributed by atoms with E-state index >= 15 is 0 Å². The molecule has 3 aromatic rings. The maximum atomic E-state index is 10.9. The molecule has 2 N–H and O–H groups in total.